The Bertz CT molecular complexity index is 1090. The van der Waals surface area contributed by atoms with E-state index in [4.69, 9.17) is 19.1 Å². The van der Waals surface area contributed by atoms with Gasteiger partial charge in [-0.05, 0) is 38.0 Å². The van der Waals surface area contributed by atoms with Gasteiger partial charge in [-0.15, -0.1) is 0 Å². The first-order valence-electron chi connectivity index (χ1n) is 20.2. The lowest BCUT2D eigenvalue weighted by Gasteiger charge is -2.20. The Morgan fingerprint density at radius 1 is 0.648 bits per heavy atom. The van der Waals surface area contributed by atoms with Crippen LogP contribution in [0.5, 0.6) is 0 Å². The number of ether oxygens (including phenoxy) is 2. The van der Waals surface area contributed by atoms with Crippen LogP contribution >= 0.6 is 7.82 Å². The van der Waals surface area contributed by atoms with Crippen molar-refractivity contribution in [3.8, 4) is 0 Å². The molecule has 0 spiro atoms. The molecule has 0 aromatic heterocycles. The molecule has 0 aromatic rings. The summed E-state index contributed by atoms with van der Waals surface area (Å²) >= 11 is 0. The first-order valence-corrected chi connectivity index (χ1v) is 21.7. The summed E-state index contributed by atoms with van der Waals surface area (Å²) < 4.78 is 32.4. The lowest BCUT2D eigenvalue weighted by atomic mass is 10.0. The topological polar surface area (TPSA) is 189 Å². The molecule has 0 saturated heterocycles. The molecular weight excluding hydrogens is 715 g/mol. The van der Waals surface area contributed by atoms with Crippen molar-refractivity contribution in [2.45, 2.75) is 167 Å². The Balaban J connectivity index is 4.59. The predicted molar refractivity (Wildman–Crippen MR) is 212 cm³/mol. The van der Waals surface area contributed by atoms with Gasteiger partial charge in [0.15, 0.2) is 6.10 Å². The second kappa shape index (κ2) is 35.3. The van der Waals surface area contributed by atoms with Gasteiger partial charge in [0.25, 0.3) is 0 Å². The molecular formula is C41H73O12P. The van der Waals surface area contributed by atoms with Gasteiger partial charge in [-0.25, -0.2) is 4.57 Å². The number of phosphoric ester groups is 1. The van der Waals surface area contributed by atoms with E-state index in [-0.39, 0.29) is 12.8 Å². The molecule has 0 aliphatic heterocycles. The Kier molecular flexibility index (Phi) is 33.9. The van der Waals surface area contributed by atoms with E-state index >= 15 is 0 Å². The van der Waals surface area contributed by atoms with Gasteiger partial charge in [-0.2, -0.15) is 0 Å². The molecule has 0 rings (SSSR count). The Morgan fingerprint density at radius 2 is 1.17 bits per heavy atom. The van der Waals surface area contributed by atoms with Crippen LogP contribution in [-0.4, -0.2) is 88.1 Å². The molecule has 54 heavy (non-hydrogen) atoms. The minimum absolute atomic E-state index is 0.00747. The summed E-state index contributed by atoms with van der Waals surface area (Å²) in [6, 6.07) is 0. The number of aliphatic hydroxyl groups excluding tert-OH is 4. The van der Waals surface area contributed by atoms with Gasteiger partial charge in [-0.1, -0.05) is 146 Å². The van der Waals surface area contributed by atoms with E-state index in [1.54, 1.807) is 18.2 Å². The molecule has 0 heterocycles. The van der Waals surface area contributed by atoms with Gasteiger partial charge in [0, 0.05) is 12.8 Å². The van der Waals surface area contributed by atoms with Crippen LogP contribution in [0.25, 0.3) is 0 Å². The van der Waals surface area contributed by atoms with E-state index in [9.17, 15) is 34.4 Å². The largest absolute Gasteiger partial charge is 0.472 e. The van der Waals surface area contributed by atoms with E-state index in [1.807, 2.05) is 30.4 Å². The van der Waals surface area contributed by atoms with E-state index in [2.05, 4.69) is 25.3 Å². The molecule has 12 nitrogen and oxygen atoms in total. The SMILES string of the molecule is CCCCC[C@H](O)/C=C/C=C\C/C=C\C=C\[C@H](O)CCCC(=O)OC[C@H](COP(=O)(O)OC[C@@H](O)CO)OC(=O)CCCCCCCCCCCC(C)C. The molecule has 0 saturated carbocycles. The zero-order valence-corrected chi connectivity index (χ0v) is 34.2. The minimum atomic E-state index is -4.67. The van der Waals surface area contributed by atoms with Crippen molar-refractivity contribution in [1.29, 1.82) is 0 Å². The van der Waals surface area contributed by atoms with Crippen molar-refractivity contribution in [1.82, 2.24) is 0 Å². The summed E-state index contributed by atoms with van der Waals surface area (Å²) in [5, 5.41) is 38.4. The molecule has 0 radical (unpaired) electrons. The minimum Gasteiger partial charge on any atom is -0.462 e. The normalized spacial score (nSPS) is 15.7. The fourth-order valence-corrected chi connectivity index (χ4v) is 5.94. The molecule has 0 fully saturated rings. The number of carbonyl (C=O) groups excluding carboxylic acids is 2. The highest BCUT2D eigenvalue weighted by molar-refractivity contribution is 7.47. The van der Waals surface area contributed by atoms with Crippen LogP contribution < -0.4 is 0 Å². The maximum atomic E-state index is 12.6. The zero-order valence-electron chi connectivity index (χ0n) is 33.3. The smallest absolute Gasteiger partial charge is 0.462 e. The van der Waals surface area contributed by atoms with Crippen LogP contribution in [0.4, 0.5) is 0 Å². The number of phosphoric acid groups is 1. The maximum absolute atomic E-state index is 12.6. The molecule has 5 atom stereocenters. The summed E-state index contributed by atoms with van der Waals surface area (Å²) in [5.41, 5.74) is 0. The first-order chi connectivity index (χ1) is 25.9. The molecule has 314 valence electrons. The van der Waals surface area contributed by atoms with Gasteiger partial charge >= 0.3 is 19.8 Å². The Hall–Kier alpha value is -2.15. The number of hydrogen-bond acceptors (Lipinski definition) is 11. The van der Waals surface area contributed by atoms with E-state index in [1.165, 1.54) is 38.5 Å². The lowest BCUT2D eigenvalue weighted by Crippen LogP contribution is -2.30. The third-order valence-corrected chi connectivity index (χ3v) is 9.32. The summed E-state index contributed by atoms with van der Waals surface area (Å²) in [6.45, 7) is 4.27. The molecule has 0 aromatic carbocycles. The average Bonchev–Trinajstić information content (AvgIpc) is 3.13. The molecule has 0 aliphatic carbocycles. The highest BCUT2D eigenvalue weighted by Gasteiger charge is 2.27. The number of unbranched alkanes of at least 4 members (excludes halogenated alkanes) is 10. The number of hydrogen-bond donors (Lipinski definition) is 5. The summed E-state index contributed by atoms with van der Waals surface area (Å²) in [5.74, 6) is -0.402. The van der Waals surface area contributed by atoms with Gasteiger partial charge < -0.3 is 34.8 Å². The molecule has 0 amide bonds. The van der Waals surface area contributed by atoms with Gasteiger partial charge in [-0.3, -0.25) is 18.6 Å². The van der Waals surface area contributed by atoms with E-state index < -0.39 is 70.6 Å². The number of allylic oxidation sites excluding steroid dienone is 6. The lowest BCUT2D eigenvalue weighted by molar-refractivity contribution is -0.161. The highest BCUT2D eigenvalue weighted by atomic mass is 31.2. The highest BCUT2D eigenvalue weighted by Crippen LogP contribution is 2.43. The van der Waals surface area contributed by atoms with E-state index in [0.29, 0.717) is 25.7 Å². The molecule has 1 unspecified atom stereocenters. The van der Waals surface area contributed by atoms with Gasteiger partial charge in [0.05, 0.1) is 32.0 Å². The van der Waals surface area contributed by atoms with Crippen LogP contribution in [0, 0.1) is 5.92 Å². The molecule has 13 heteroatoms. The predicted octanol–water partition coefficient (Wildman–Crippen LogP) is 7.96. The Morgan fingerprint density at radius 3 is 1.74 bits per heavy atom. The Labute approximate surface area is 325 Å². The second-order valence-corrected chi connectivity index (χ2v) is 15.6. The van der Waals surface area contributed by atoms with Crippen molar-refractivity contribution < 1.29 is 58.0 Å². The van der Waals surface area contributed by atoms with Crippen molar-refractivity contribution in [2.24, 2.45) is 5.92 Å². The fourth-order valence-electron chi connectivity index (χ4n) is 5.16. The fraction of sp³-hybridized carbons (Fsp3) is 0.756. The molecule has 5 N–H and O–H groups in total. The van der Waals surface area contributed by atoms with E-state index in [0.717, 1.165) is 50.9 Å². The van der Waals surface area contributed by atoms with Gasteiger partial charge in [0.1, 0.15) is 12.7 Å². The van der Waals surface area contributed by atoms with Crippen molar-refractivity contribution in [3.05, 3.63) is 48.6 Å². The first kappa shape index (κ1) is 51.9. The monoisotopic (exact) mass is 788 g/mol. The number of esters is 2. The third-order valence-electron chi connectivity index (χ3n) is 8.37. The van der Waals surface area contributed by atoms with Crippen LogP contribution in [0.3, 0.4) is 0 Å². The number of aliphatic hydroxyl groups is 4. The van der Waals surface area contributed by atoms with Crippen LogP contribution in [0.2, 0.25) is 0 Å². The molecule has 0 bridgehead atoms. The van der Waals surface area contributed by atoms with Crippen molar-refractivity contribution >= 4 is 19.8 Å². The van der Waals surface area contributed by atoms with Crippen LogP contribution in [0.1, 0.15) is 143 Å². The van der Waals surface area contributed by atoms with Crippen molar-refractivity contribution in [3.63, 3.8) is 0 Å². The number of rotatable bonds is 36. The maximum Gasteiger partial charge on any atom is 0.472 e. The third kappa shape index (κ3) is 35.5. The second-order valence-electron chi connectivity index (χ2n) is 14.2. The number of carbonyl (C=O) groups is 2. The van der Waals surface area contributed by atoms with Gasteiger partial charge in [0.2, 0.25) is 0 Å². The standard InChI is InChI=1S/C41H73O12P/c1-4-5-18-25-36(43)26-20-15-11-9-12-16-21-27-37(44)28-23-30-40(46)50-33-39(34-52-54(48,49)51-32-38(45)31-42)53-41(47)29-22-17-13-8-6-7-10-14-19-24-35(2)3/h11-12,15-16,20-21,26-27,35-39,42-45H,4-10,13-14,17-19,22-25,28-34H2,1-3H3,(H,48,49)/b15-11-,16-12-,26-20+,27-21+/t36-,37-,38-,39+/m0/s1. The molecule has 0 aliphatic rings. The quantitative estimate of drug-likeness (QED) is 0.0179. The van der Waals surface area contributed by atoms with Crippen molar-refractivity contribution in [2.75, 3.05) is 26.4 Å². The average molecular weight is 789 g/mol. The van der Waals surface area contributed by atoms with Crippen LogP contribution in [0.15, 0.2) is 48.6 Å². The zero-order chi connectivity index (χ0) is 40.3. The summed E-state index contributed by atoms with van der Waals surface area (Å²) in [4.78, 5) is 34.9. The summed E-state index contributed by atoms with van der Waals surface area (Å²) in [7, 11) is -4.67. The summed E-state index contributed by atoms with van der Waals surface area (Å²) in [6.07, 6.45) is 27.4. The van der Waals surface area contributed by atoms with Crippen LogP contribution in [-0.2, 0) is 32.7 Å².